The number of amides is 1. The number of carbonyl (C=O) groups is 1. The number of carbonyl (C=O) groups excluding carboxylic acids is 1. The number of aromatic nitrogens is 4. The van der Waals surface area contributed by atoms with E-state index in [-0.39, 0.29) is 30.3 Å². The van der Waals surface area contributed by atoms with Crippen molar-refractivity contribution in [3.63, 3.8) is 0 Å². The van der Waals surface area contributed by atoms with Gasteiger partial charge >= 0.3 is 0 Å². The molecule has 3 aliphatic rings. The molecule has 1 aromatic heterocycles. The Labute approximate surface area is 150 Å². The van der Waals surface area contributed by atoms with Gasteiger partial charge in [-0.25, -0.2) is 9.07 Å². The molecule has 3 aliphatic heterocycles. The lowest BCUT2D eigenvalue weighted by atomic mass is 9.95. The molecular formula is C17H22FN7O. The van der Waals surface area contributed by atoms with Crippen molar-refractivity contribution in [2.24, 2.45) is 5.92 Å². The van der Waals surface area contributed by atoms with Crippen molar-refractivity contribution in [3.8, 4) is 0 Å². The van der Waals surface area contributed by atoms with Crippen LogP contribution in [-0.2, 0) is 17.9 Å². The maximum absolute atomic E-state index is 13.1. The van der Waals surface area contributed by atoms with Crippen molar-refractivity contribution in [1.29, 1.82) is 0 Å². The zero-order valence-electron chi connectivity index (χ0n) is 14.5. The van der Waals surface area contributed by atoms with Gasteiger partial charge in [0.1, 0.15) is 12.4 Å². The summed E-state index contributed by atoms with van der Waals surface area (Å²) < 4.78 is 14.4. The molecule has 8 nitrogen and oxygen atoms in total. The van der Waals surface area contributed by atoms with E-state index in [4.69, 9.17) is 5.73 Å². The van der Waals surface area contributed by atoms with Crippen LogP contribution in [0.4, 0.5) is 10.3 Å². The highest BCUT2D eigenvalue weighted by Crippen LogP contribution is 2.29. The van der Waals surface area contributed by atoms with Crippen LogP contribution in [0, 0.1) is 11.7 Å². The summed E-state index contributed by atoms with van der Waals surface area (Å²) in [5.41, 5.74) is 6.75. The molecule has 5 rings (SSSR count). The minimum Gasteiger partial charge on any atom is -0.367 e. The fourth-order valence-corrected chi connectivity index (χ4v) is 4.00. The van der Waals surface area contributed by atoms with Gasteiger partial charge in [0.2, 0.25) is 11.9 Å². The molecule has 4 heterocycles. The van der Waals surface area contributed by atoms with Crippen molar-refractivity contribution in [2.45, 2.75) is 32.0 Å². The molecule has 0 aliphatic carbocycles. The molecule has 0 spiro atoms. The number of piperidine rings is 1. The number of benzene rings is 1. The van der Waals surface area contributed by atoms with E-state index in [1.165, 1.54) is 16.8 Å². The van der Waals surface area contributed by atoms with Gasteiger partial charge in [-0.2, -0.15) is 0 Å². The Morgan fingerprint density at radius 2 is 2.00 bits per heavy atom. The van der Waals surface area contributed by atoms with Gasteiger partial charge < -0.3 is 10.6 Å². The molecule has 0 radical (unpaired) electrons. The van der Waals surface area contributed by atoms with E-state index in [0.29, 0.717) is 5.92 Å². The van der Waals surface area contributed by atoms with Crippen molar-refractivity contribution in [2.75, 3.05) is 25.4 Å². The number of rotatable bonds is 4. The molecule has 138 valence electrons. The molecule has 0 saturated carbocycles. The Kier molecular flexibility index (Phi) is 4.54. The van der Waals surface area contributed by atoms with Crippen molar-refractivity contribution in [1.82, 2.24) is 30.0 Å². The number of nitrogen functional groups attached to an aromatic ring is 1. The number of halogens is 1. The van der Waals surface area contributed by atoms with Gasteiger partial charge in [-0.3, -0.25) is 9.69 Å². The standard InChI is InChI=1S/C17H22FN7O/c18-14-4-1-12(2-5-14)7-23-8-13-3-6-15(10-23)24(9-13)16(26)11-25-17(19)20-21-22-25/h1-2,4-5,13,15H,3,6-11H2,(H2,19,20,22)/t13-,15+/m0/s1. The fourth-order valence-electron chi connectivity index (χ4n) is 4.00. The van der Waals surface area contributed by atoms with Gasteiger partial charge in [-0.1, -0.05) is 17.2 Å². The van der Waals surface area contributed by atoms with Crippen molar-refractivity contribution in [3.05, 3.63) is 35.6 Å². The molecule has 3 saturated heterocycles. The molecule has 2 atom stereocenters. The Bertz CT molecular complexity index is 778. The summed E-state index contributed by atoms with van der Waals surface area (Å²) in [6.45, 7) is 3.37. The Morgan fingerprint density at radius 1 is 1.19 bits per heavy atom. The van der Waals surface area contributed by atoms with Gasteiger partial charge in [0.05, 0.1) is 0 Å². The molecule has 2 N–H and O–H groups in total. The van der Waals surface area contributed by atoms with E-state index >= 15 is 0 Å². The number of hydrogen-bond donors (Lipinski definition) is 1. The van der Waals surface area contributed by atoms with E-state index in [9.17, 15) is 9.18 Å². The van der Waals surface area contributed by atoms with Gasteiger partial charge in [0, 0.05) is 32.2 Å². The second kappa shape index (κ2) is 6.99. The smallest absolute Gasteiger partial charge is 0.244 e. The molecule has 0 unspecified atom stereocenters. The van der Waals surface area contributed by atoms with Crippen LogP contribution in [0.5, 0.6) is 0 Å². The number of tetrazole rings is 1. The van der Waals surface area contributed by atoms with Crippen LogP contribution in [0.2, 0.25) is 0 Å². The Balaban J connectivity index is 1.43. The van der Waals surface area contributed by atoms with Crippen molar-refractivity contribution < 1.29 is 9.18 Å². The molecule has 2 aromatic rings. The largest absolute Gasteiger partial charge is 0.367 e. The predicted octanol–water partition coefficient (Wildman–Crippen LogP) is 0.517. The number of fused-ring (bicyclic) bond motifs is 4. The maximum atomic E-state index is 13.1. The van der Waals surface area contributed by atoms with Crippen LogP contribution >= 0.6 is 0 Å². The van der Waals surface area contributed by atoms with Crippen molar-refractivity contribution >= 4 is 11.9 Å². The molecule has 3 fully saturated rings. The average Bonchev–Trinajstić information content (AvgIpc) is 2.84. The first-order chi connectivity index (χ1) is 12.6. The van der Waals surface area contributed by atoms with E-state index in [1.54, 1.807) is 0 Å². The summed E-state index contributed by atoms with van der Waals surface area (Å²) in [6, 6.07) is 6.82. The summed E-state index contributed by atoms with van der Waals surface area (Å²) in [7, 11) is 0. The summed E-state index contributed by atoms with van der Waals surface area (Å²) >= 11 is 0. The quantitative estimate of drug-likeness (QED) is 0.855. The van der Waals surface area contributed by atoms with Crippen LogP contribution in [0.1, 0.15) is 18.4 Å². The highest BCUT2D eigenvalue weighted by Gasteiger charge is 2.37. The third kappa shape index (κ3) is 3.52. The lowest BCUT2D eigenvalue weighted by Crippen LogP contribution is -2.48. The van der Waals surface area contributed by atoms with Gasteiger partial charge in [0.15, 0.2) is 0 Å². The molecule has 9 heteroatoms. The van der Waals surface area contributed by atoms with Crippen LogP contribution in [0.3, 0.4) is 0 Å². The molecule has 1 amide bonds. The Hall–Kier alpha value is -2.55. The minimum absolute atomic E-state index is 0.00216. The average molecular weight is 359 g/mol. The van der Waals surface area contributed by atoms with E-state index in [1.807, 2.05) is 17.0 Å². The monoisotopic (exact) mass is 359 g/mol. The normalized spacial score (nSPS) is 23.2. The van der Waals surface area contributed by atoms with E-state index in [2.05, 4.69) is 20.4 Å². The topological polar surface area (TPSA) is 93.2 Å². The minimum atomic E-state index is -0.219. The maximum Gasteiger partial charge on any atom is 0.244 e. The van der Waals surface area contributed by atoms with Crippen LogP contribution in [0.15, 0.2) is 24.3 Å². The van der Waals surface area contributed by atoms with Gasteiger partial charge in [0.25, 0.3) is 0 Å². The first kappa shape index (κ1) is 16.9. The zero-order valence-corrected chi connectivity index (χ0v) is 14.5. The summed E-state index contributed by atoms with van der Waals surface area (Å²) in [5.74, 6) is 0.381. The fraction of sp³-hybridized carbons (Fsp3) is 0.529. The summed E-state index contributed by atoms with van der Waals surface area (Å²) in [6.07, 6.45) is 2.13. The molecule has 2 bridgehead atoms. The van der Waals surface area contributed by atoms with Crippen LogP contribution in [0.25, 0.3) is 0 Å². The van der Waals surface area contributed by atoms with Gasteiger partial charge in [-0.05, 0) is 46.9 Å². The summed E-state index contributed by atoms with van der Waals surface area (Å²) in [4.78, 5) is 17.1. The molecule has 26 heavy (non-hydrogen) atoms. The van der Waals surface area contributed by atoms with Crippen LogP contribution < -0.4 is 5.73 Å². The van der Waals surface area contributed by atoms with E-state index in [0.717, 1.165) is 44.6 Å². The number of anilines is 1. The molecular weight excluding hydrogens is 337 g/mol. The predicted molar refractivity (Wildman–Crippen MR) is 92.1 cm³/mol. The second-order valence-electron chi connectivity index (χ2n) is 7.16. The SMILES string of the molecule is Nc1nnnn1CC(=O)N1C[C@H]2CC[C@@H]1CN(Cc1ccc(F)cc1)C2. The van der Waals surface area contributed by atoms with Gasteiger partial charge in [-0.15, -0.1) is 0 Å². The van der Waals surface area contributed by atoms with Crippen LogP contribution in [-0.4, -0.2) is 61.6 Å². The third-order valence-corrected chi connectivity index (χ3v) is 5.27. The number of nitrogens with zero attached hydrogens (tertiary/aromatic N) is 6. The van der Waals surface area contributed by atoms with E-state index < -0.39 is 0 Å². The zero-order chi connectivity index (χ0) is 18.1. The highest BCUT2D eigenvalue weighted by atomic mass is 19.1. The summed E-state index contributed by atoms with van der Waals surface area (Å²) in [5, 5.41) is 10.9. The second-order valence-corrected chi connectivity index (χ2v) is 7.16. The first-order valence-electron chi connectivity index (χ1n) is 8.86. The lowest BCUT2D eigenvalue weighted by Gasteiger charge is -2.36. The first-order valence-corrected chi connectivity index (χ1v) is 8.86. The number of hydrogen-bond acceptors (Lipinski definition) is 6. The molecule has 1 aromatic carbocycles. The third-order valence-electron chi connectivity index (χ3n) is 5.27. The Morgan fingerprint density at radius 3 is 2.73 bits per heavy atom. The number of nitrogens with two attached hydrogens (primary N) is 1. The highest BCUT2D eigenvalue weighted by molar-refractivity contribution is 5.76. The lowest BCUT2D eigenvalue weighted by molar-refractivity contribution is -0.136.